The van der Waals surface area contributed by atoms with Crippen LogP contribution < -0.4 is 16.3 Å². The minimum atomic E-state index is -0.524. The predicted molar refractivity (Wildman–Crippen MR) is 135 cm³/mol. The normalized spacial score (nSPS) is 12.6. The maximum absolute atomic E-state index is 13.4. The molecule has 34 heavy (non-hydrogen) atoms. The molecule has 8 nitrogen and oxygen atoms in total. The Kier molecular flexibility index (Phi) is 8.38. The molecule has 3 aromatic rings. The Labute approximate surface area is 205 Å². The van der Waals surface area contributed by atoms with Gasteiger partial charge in [0.25, 0.3) is 0 Å². The lowest BCUT2D eigenvalue weighted by molar-refractivity contribution is 0.0527. The molecule has 1 atom stereocenters. The van der Waals surface area contributed by atoms with Gasteiger partial charge in [0.1, 0.15) is 5.60 Å². The zero-order chi connectivity index (χ0) is 24.9. The van der Waals surface area contributed by atoms with Crippen LogP contribution in [0.4, 0.5) is 4.79 Å². The van der Waals surface area contributed by atoms with Crippen molar-refractivity contribution < 1.29 is 9.53 Å². The molecule has 9 heteroatoms. The van der Waals surface area contributed by atoms with E-state index in [9.17, 15) is 9.59 Å². The molecule has 0 aliphatic rings. The summed E-state index contributed by atoms with van der Waals surface area (Å²) in [6.45, 7) is 10.9. The number of carbonyl (C=O) groups is 1. The molecular formula is C25H34ClN5O3. The number of amides is 1. The van der Waals surface area contributed by atoms with E-state index in [1.165, 1.54) is 4.52 Å². The highest BCUT2D eigenvalue weighted by Gasteiger charge is 2.20. The number of nitrogens with one attached hydrogen (secondary N) is 2. The Morgan fingerprint density at radius 2 is 1.91 bits per heavy atom. The molecule has 2 N–H and O–H groups in total. The van der Waals surface area contributed by atoms with E-state index < -0.39 is 11.7 Å². The Bertz CT molecular complexity index is 1180. The van der Waals surface area contributed by atoms with Crippen LogP contribution in [0.3, 0.4) is 0 Å². The van der Waals surface area contributed by atoms with Crippen LogP contribution in [0.5, 0.6) is 0 Å². The van der Waals surface area contributed by atoms with Gasteiger partial charge in [0.15, 0.2) is 0 Å². The van der Waals surface area contributed by atoms with Crippen molar-refractivity contribution in [2.75, 3.05) is 13.1 Å². The zero-order valence-corrected chi connectivity index (χ0v) is 21.3. The first-order valence-corrected chi connectivity index (χ1v) is 12.0. The topological polar surface area (TPSA) is 89.7 Å². The van der Waals surface area contributed by atoms with Crippen LogP contribution in [0.25, 0.3) is 5.52 Å². The van der Waals surface area contributed by atoms with Gasteiger partial charge in [-0.3, -0.25) is 4.57 Å². The van der Waals surface area contributed by atoms with Gasteiger partial charge in [-0.15, -0.1) is 0 Å². The predicted octanol–water partition coefficient (Wildman–Crippen LogP) is 4.46. The molecule has 2 aromatic heterocycles. The van der Waals surface area contributed by atoms with Crippen molar-refractivity contribution >= 4 is 23.2 Å². The zero-order valence-electron chi connectivity index (χ0n) is 20.5. The summed E-state index contributed by atoms with van der Waals surface area (Å²) in [5, 5.41) is 11.1. The van der Waals surface area contributed by atoms with Gasteiger partial charge >= 0.3 is 11.8 Å². The fraction of sp³-hybridized carbons (Fsp3) is 0.480. The number of aryl methyl sites for hydroxylation is 1. The Morgan fingerprint density at radius 3 is 2.56 bits per heavy atom. The monoisotopic (exact) mass is 487 g/mol. The molecule has 2 heterocycles. The van der Waals surface area contributed by atoms with Gasteiger partial charge in [0.2, 0.25) is 0 Å². The Hall–Kier alpha value is -2.84. The second-order valence-electron chi connectivity index (χ2n) is 9.32. The average Bonchev–Trinajstić information content (AvgIpc) is 3.06. The smallest absolute Gasteiger partial charge is 0.407 e. The lowest BCUT2D eigenvalue weighted by atomic mass is 10.1. The molecule has 1 unspecified atom stereocenters. The van der Waals surface area contributed by atoms with E-state index in [4.69, 9.17) is 16.3 Å². The third-order valence-corrected chi connectivity index (χ3v) is 5.86. The number of nitrogens with zero attached hydrogens (tertiary/aromatic N) is 3. The van der Waals surface area contributed by atoms with Crippen LogP contribution in [-0.2, 0) is 11.3 Å². The van der Waals surface area contributed by atoms with Gasteiger partial charge in [0.05, 0.1) is 22.8 Å². The van der Waals surface area contributed by atoms with Gasteiger partial charge in [-0.1, -0.05) is 48.9 Å². The van der Waals surface area contributed by atoms with E-state index in [-0.39, 0.29) is 11.7 Å². The Balaban J connectivity index is 1.79. The van der Waals surface area contributed by atoms with E-state index in [2.05, 4.69) is 22.7 Å². The van der Waals surface area contributed by atoms with Crippen LogP contribution in [-0.4, -0.2) is 39.0 Å². The fourth-order valence-corrected chi connectivity index (χ4v) is 3.95. The number of benzene rings is 1. The molecule has 0 bridgehead atoms. The molecule has 3 rings (SSSR count). The standard InChI is InChI=1S/C25H34ClN5O3/c1-6-19(27-13-10-14-28-23(32)34-25(3,4)5)20-15-21-22(26)17(2)29-31(21)24(33)30(20)16-18-11-8-7-9-12-18/h7-9,11-12,15,19,27H,6,10,13-14,16H2,1-5H3,(H,28,32). The quantitative estimate of drug-likeness (QED) is 0.435. The number of alkyl carbamates (subject to hydrolysis) is 1. The van der Waals surface area contributed by atoms with Crippen LogP contribution in [0.2, 0.25) is 5.02 Å². The second-order valence-corrected chi connectivity index (χ2v) is 9.70. The van der Waals surface area contributed by atoms with Crippen LogP contribution in [0, 0.1) is 6.92 Å². The van der Waals surface area contributed by atoms with E-state index in [0.29, 0.717) is 42.3 Å². The van der Waals surface area contributed by atoms with E-state index in [1.807, 2.05) is 57.2 Å². The third kappa shape index (κ3) is 6.39. The number of hydrogen-bond donors (Lipinski definition) is 2. The van der Waals surface area contributed by atoms with Crippen molar-refractivity contribution in [3.63, 3.8) is 0 Å². The molecule has 0 aliphatic carbocycles. The fourth-order valence-electron chi connectivity index (χ4n) is 3.78. The first-order valence-electron chi connectivity index (χ1n) is 11.6. The molecule has 0 radical (unpaired) electrons. The van der Waals surface area contributed by atoms with Gasteiger partial charge in [-0.2, -0.15) is 9.61 Å². The van der Waals surface area contributed by atoms with Gasteiger partial charge < -0.3 is 15.4 Å². The number of hydrogen-bond acceptors (Lipinski definition) is 5. The minimum Gasteiger partial charge on any atom is -0.444 e. The number of halogens is 1. The summed E-state index contributed by atoms with van der Waals surface area (Å²) in [5.41, 5.74) is 2.36. The molecule has 0 saturated carbocycles. The average molecular weight is 488 g/mol. The van der Waals surface area contributed by atoms with Crippen LogP contribution in [0.15, 0.2) is 41.2 Å². The largest absolute Gasteiger partial charge is 0.444 e. The second kappa shape index (κ2) is 11.1. The summed E-state index contributed by atoms with van der Waals surface area (Å²) in [4.78, 5) is 25.3. The van der Waals surface area contributed by atoms with E-state index in [0.717, 1.165) is 17.7 Å². The number of ether oxygens (including phenoxy) is 1. The summed E-state index contributed by atoms with van der Waals surface area (Å²) in [6.07, 6.45) is 1.06. The molecule has 0 spiro atoms. The van der Waals surface area contributed by atoms with Crippen molar-refractivity contribution in [3.05, 3.63) is 68.9 Å². The SMILES string of the molecule is CCC(NCCCNC(=O)OC(C)(C)C)c1cc2c(Cl)c(C)nn2c(=O)n1Cc1ccccc1. The molecule has 1 aromatic carbocycles. The van der Waals surface area contributed by atoms with Crippen molar-refractivity contribution in [1.29, 1.82) is 0 Å². The van der Waals surface area contributed by atoms with Crippen molar-refractivity contribution in [1.82, 2.24) is 24.8 Å². The molecule has 0 saturated heterocycles. The highest BCUT2D eigenvalue weighted by molar-refractivity contribution is 6.34. The number of carbonyl (C=O) groups excluding carboxylic acids is 1. The molecule has 0 aliphatic heterocycles. The summed E-state index contributed by atoms with van der Waals surface area (Å²) >= 11 is 6.46. The van der Waals surface area contributed by atoms with E-state index in [1.54, 1.807) is 11.5 Å². The lowest BCUT2D eigenvalue weighted by Crippen LogP contribution is -2.36. The number of aromatic nitrogens is 3. The minimum absolute atomic E-state index is 0.0748. The third-order valence-electron chi connectivity index (χ3n) is 5.39. The number of rotatable bonds is 9. The highest BCUT2D eigenvalue weighted by atomic mass is 35.5. The van der Waals surface area contributed by atoms with Crippen molar-refractivity contribution in [2.24, 2.45) is 0 Å². The van der Waals surface area contributed by atoms with E-state index >= 15 is 0 Å². The molecular weight excluding hydrogens is 454 g/mol. The molecule has 1 amide bonds. The summed E-state index contributed by atoms with van der Waals surface area (Å²) < 4.78 is 8.40. The summed E-state index contributed by atoms with van der Waals surface area (Å²) in [7, 11) is 0. The molecule has 184 valence electrons. The summed E-state index contributed by atoms with van der Waals surface area (Å²) in [5.74, 6) is 0. The summed E-state index contributed by atoms with van der Waals surface area (Å²) in [6, 6.07) is 11.7. The lowest BCUT2D eigenvalue weighted by Gasteiger charge is -2.23. The first-order chi connectivity index (χ1) is 16.1. The maximum Gasteiger partial charge on any atom is 0.407 e. The Morgan fingerprint density at radius 1 is 1.21 bits per heavy atom. The van der Waals surface area contributed by atoms with Crippen molar-refractivity contribution in [2.45, 2.75) is 65.6 Å². The van der Waals surface area contributed by atoms with Crippen LogP contribution in [0.1, 0.15) is 63.5 Å². The first kappa shape index (κ1) is 25.8. The molecule has 0 fully saturated rings. The number of fused-ring (bicyclic) bond motifs is 1. The van der Waals surface area contributed by atoms with Gasteiger partial charge in [-0.25, -0.2) is 9.59 Å². The van der Waals surface area contributed by atoms with Crippen molar-refractivity contribution in [3.8, 4) is 0 Å². The maximum atomic E-state index is 13.4. The highest BCUT2D eigenvalue weighted by Crippen LogP contribution is 2.24. The van der Waals surface area contributed by atoms with Gasteiger partial charge in [0, 0.05) is 18.3 Å². The van der Waals surface area contributed by atoms with Crippen LogP contribution >= 0.6 is 11.6 Å². The van der Waals surface area contributed by atoms with Gasteiger partial charge in [-0.05, 0) is 58.7 Å².